The van der Waals surface area contributed by atoms with Crippen LogP contribution in [0.2, 0.25) is 0 Å². The number of hydrogen-bond donors (Lipinski definition) is 1. The van der Waals surface area contributed by atoms with E-state index >= 15 is 0 Å². The molecule has 0 aliphatic carbocycles. The summed E-state index contributed by atoms with van der Waals surface area (Å²) in [6, 6.07) is 10.1. The number of Topliss-reactive ketones (excluding diaryl/α,β-unsaturated/α-hetero) is 1. The van der Waals surface area contributed by atoms with Gasteiger partial charge in [0.15, 0.2) is 0 Å². The van der Waals surface area contributed by atoms with Crippen LogP contribution < -0.4 is 4.74 Å². The molecule has 176 valence electrons. The standard InChI is InChI=1S/C26H31FN2O4/c1-5-15-33-20-11-12-21(17(2)16-20)24(30)22-23(18-7-9-19(27)10-8-18)29(26(32)25(22)31)14-6-13-28(3)4/h7-12,16,23,30H,5-6,13-15H2,1-4H3/t23-/m0/s1. The van der Waals surface area contributed by atoms with Gasteiger partial charge >= 0.3 is 0 Å². The van der Waals surface area contributed by atoms with Gasteiger partial charge in [0.05, 0.1) is 18.2 Å². The smallest absolute Gasteiger partial charge is 0.295 e. The highest BCUT2D eigenvalue weighted by Crippen LogP contribution is 2.40. The molecule has 1 fully saturated rings. The van der Waals surface area contributed by atoms with Crippen LogP contribution in [0.5, 0.6) is 5.75 Å². The number of aliphatic hydroxyl groups is 1. The fourth-order valence-electron chi connectivity index (χ4n) is 4.02. The number of hydrogen-bond acceptors (Lipinski definition) is 5. The molecule has 0 spiro atoms. The van der Waals surface area contributed by atoms with E-state index in [0.717, 1.165) is 18.5 Å². The van der Waals surface area contributed by atoms with Crippen molar-refractivity contribution < 1.29 is 23.8 Å². The van der Waals surface area contributed by atoms with Gasteiger partial charge in [0.1, 0.15) is 17.3 Å². The first-order valence-corrected chi connectivity index (χ1v) is 11.2. The van der Waals surface area contributed by atoms with Crippen molar-refractivity contribution in [2.24, 2.45) is 0 Å². The first kappa shape index (κ1) is 24.5. The summed E-state index contributed by atoms with van der Waals surface area (Å²) in [6.45, 7) is 5.48. The van der Waals surface area contributed by atoms with Crippen LogP contribution in [0.25, 0.3) is 5.76 Å². The van der Waals surface area contributed by atoms with Crippen molar-refractivity contribution in [2.75, 3.05) is 33.8 Å². The average molecular weight is 455 g/mol. The molecule has 7 heteroatoms. The molecule has 0 bridgehead atoms. The number of aliphatic hydroxyl groups excluding tert-OH is 1. The van der Waals surface area contributed by atoms with Gasteiger partial charge in [-0.05, 0) is 81.9 Å². The van der Waals surface area contributed by atoms with Gasteiger partial charge in [-0.2, -0.15) is 0 Å². The Hall–Kier alpha value is -3.19. The maximum atomic E-state index is 13.6. The summed E-state index contributed by atoms with van der Waals surface area (Å²) in [5.41, 5.74) is 1.76. The molecule has 1 heterocycles. The molecule has 0 radical (unpaired) electrons. The van der Waals surface area contributed by atoms with Crippen LogP contribution in [0.1, 0.15) is 42.5 Å². The Morgan fingerprint density at radius 3 is 2.45 bits per heavy atom. The predicted octanol–water partition coefficient (Wildman–Crippen LogP) is 4.30. The summed E-state index contributed by atoms with van der Waals surface area (Å²) in [6.07, 6.45) is 1.52. The summed E-state index contributed by atoms with van der Waals surface area (Å²) in [5, 5.41) is 11.2. The molecule has 1 aliphatic heterocycles. The number of aryl methyl sites for hydroxylation is 1. The zero-order chi connectivity index (χ0) is 24.1. The number of halogens is 1. The third-order valence-electron chi connectivity index (χ3n) is 5.66. The molecule has 3 rings (SSSR count). The Bertz CT molecular complexity index is 1050. The number of benzene rings is 2. The first-order chi connectivity index (χ1) is 15.7. The number of carbonyl (C=O) groups is 2. The van der Waals surface area contributed by atoms with Gasteiger partial charge in [-0.25, -0.2) is 4.39 Å². The number of carbonyl (C=O) groups excluding carboxylic acids is 2. The van der Waals surface area contributed by atoms with Crippen molar-refractivity contribution in [2.45, 2.75) is 32.7 Å². The zero-order valence-corrected chi connectivity index (χ0v) is 19.6. The topological polar surface area (TPSA) is 70.1 Å². The highest BCUT2D eigenvalue weighted by atomic mass is 19.1. The molecule has 1 atom stereocenters. The molecule has 1 saturated heterocycles. The van der Waals surface area contributed by atoms with E-state index < -0.39 is 23.5 Å². The average Bonchev–Trinajstić information content (AvgIpc) is 3.02. The monoisotopic (exact) mass is 454 g/mol. The number of nitrogens with zero attached hydrogens (tertiary/aromatic N) is 2. The van der Waals surface area contributed by atoms with Crippen LogP contribution in [-0.2, 0) is 9.59 Å². The van der Waals surface area contributed by atoms with Crippen molar-refractivity contribution >= 4 is 17.4 Å². The summed E-state index contributed by atoms with van der Waals surface area (Å²) in [7, 11) is 3.87. The Morgan fingerprint density at radius 2 is 1.85 bits per heavy atom. The number of ketones is 1. The minimum absolute atomic E-state index is 0.0155. The normalized spacial score (nSPS) is 17.8. The summed E-state index contributed by atoms with van der Waals surface area (Å²) < 4.78 is 19.2. The molecule has 6 nitrogen and oxygen atoms in total. The van der Waals surface area contributed by atoms with E-state index in [2.05, 4.69) is 0 Å². The summed E-state index contributed by atoms with van der Waals surface area (Å²) >= 11 is 0. The number of rotatable bonds is 9. The predicted molar refractivity (Wildman–Crippen MR) is 126 cm³/mol. The van der Waals surface area contributed by atoms with Gasteiger partial charge in [-0.15, -0.1) is 0 Å². The number of ether oxygens (including phenoxy) is 1. The van der Waals surface area contributed by atoms with E-state index in [4.69, 9.17) is 4.74 Å². The van der Waals surface area contributed by atoms with Gasteiger partial charge in [-0.1, -0.05) is 19.1 Å². The molecule has 1 aliphatic rings. The highest BCUT2D eigenvalue weighted by Gasteiger charge is 2.45. The van der Waals surface area contributed by atoms with Gasteiger partial charge in [0.25, 0.3) is 11.7 Å². The van der Waals surface area contributed by atoms with E-state index in [0.29, 0.717) is 36.4 Å². The van der Waals surface area contributed by atoms with Crippen LogP contribution >= 0.6 is 0 Å². The molecular formula is C26H31FN2O4. The number of amides is 1. The summed E-state index contributed by atoms with van der Waals surface area (Å²) in [4.78, 5) is 29.5. The molecule has 1 amide bonds. The fourth-order valence-corrected chi connectivity index (χ4v) is 4.02. The molecule has 0 saturated carbocycles. The summed E-state index contributed by atoms with van der Waals surface area (Å²) in [5.74, 6) is -1.38. The third-order valence-corrected chi connectivity index (χ3v) is 5.66. The lowest BCUT2D eigenvalue weighted by atomic mass is 9.94. The maximum absolute atomic E-state index is 13.6. The number of likely N-dealkylation sites (tertiary alicyclic amines) is 1. The fraction of sp³-hybridized carbons (Fsp3) is 0.385. The van der Waals surface area contributed by atoms with Gasteiger partial charge in [0.2, 0.25) is 0 Å². The van der Waals surface area contributed by atoms with Crippen molar-refractivity contribution in [3.8, 4) is 5.75 Å². The van der Waals surface area contributed by atoms with E-state index in [9.17, 15) is 19.1 Å². The van der Waals surface area contributed by atoms with Crippen molar-refractivity contribution in [3.05, 3.63) is 70.5 Å². The van der Waals surface area contributed by atoms with E-state index in [1.807, 2.05) is 32.8 Å². The van der Waals surface area contributed by atoms with Gasteiger partial charge in [0, 0.05) is 12.1 Å². The zero-order valence-electron chi connectivity index (χ0n) is 19.6. The van der Waals surface area contributed by atoms with Crippen LogP contribution in [0.4, 0.5) is 4.39 Å². The van der Waals surface area contributed by atoms with E-state index in [-0.39, 0.29) is 11.3 Å². The Kier molecular flexibility index (Phi) is 7.87. The second-order valence-electron chi connectivity index (χ2n) is 8.53. The lowest BCUT2D eigenvalue weighted by molar-refractivity contribution is -0.139. The molecular weight excluding hydrogens is 423 g/mol. The van der Waals surface area contributed by atoms with Crippen LogP contribution in [0.15, 0.2) is 48.0 Å². The lowest BCUT2D eigenvalue weighted by Gasteiger charge is -2.26. The molecule has 0 aromatic heterocycles. The molecule has 2 aromatic carbocycles. The second-order valence-corrected chi connectivity index (χ2v) is 8.53. The molecule has 33 heavy (non-hydrogen) atoms. The van der Waals surface area contributed by atoms with Crippen LogP contribution in [0.3, 0.4) is 0 Å². The minimum Gasteiger partial charge on any atom is -0.507 e. The highest BCUT2D eigenvalue weighted by molar-refractivity contribution is 6.46. The minimum atomic E-state index is -0.789. The molecule has 1 N–H and O–H groups in total. The maximum Gasteiger partial charge on any atom is 0.295 e. The Morgan fingerprint density at radius 1 is 1.15 bits per heavy atom. The van der Waals surface area contributed by atoms with Gasteiger partial charge < -0.3 is 19.6 Å². The Labute approximate surface area is 194 Å². The van der Waals surface area contributed by atoms with Crippen molar-refractivity contribution in [1.82, 2.24) is 9.80 Å². The van der Waals surface area contributed by atoms with Crippen molar-refractivity contribution in [1.29, 1.82) is 0 Å². The van der Waals surface area contributed by atoms with Gasteiger partial charge in [-0.3, -0.25) is 9.59 Å². The van der Waals surface area contributed by atoms with E-state index in [1.54, 1.807) is 30.3 Å². The molecule has 0 unspecified atom stereocenters. The first-order valence-electron chi connectivity index (χ1n) is 11.2. The van der Waals surface area contributed by atoms with Crippen LogP contribution in [-0.4, -0.2) is 60.4 Å². The largest absolute Gasteiger partial charge is 0.507 e. The van der Waals surface area contributed by atoms with Crippen LogP contribution in [0, 0.1) is 12.7 Å². The quantitative estimate of drug-likeness (QED) is 0.348. The lowest BCUT2D eigenvalue weighted by Crippen LogP contribution is -2.32. The van der Waals surface area contributed by atoms with E-state index in [1.165, 1.54) is 17.0 Å². The van der Waals surface area contributed by atoms with Crippen molar-refractivity contribution in [3.63, 3.8) is 0 Å². The molecule has 2 aromatic rings. The second kappa shape index (κ2) is 10.6. The Balaban J connectivity index is 2.06. The third kappa shape index (κ3) is 5.42. The SMILES string of the molecule is CCCOc1ccc(C(O)=C2C(=O)C(=O)N(CCCN(C)C)[C@H]2c2ccc(F)cc2)c(C)c1.